The van der Waals surface area contributed by atoms with E-state index in [2.05, 4.69) is 5.32 Å². The number of esters is 1. The van der Waals surface area contributed by atoms with Gasteiger partial charge in [0.1, 0.15) is 5.25 Å². The molecule has 2 amide bonds. The van der Waals surface area contributed by atoms with Crippen molar-refractivity contribution in [2.45, 2.75) is 36.0 Å². The summed E-state index contributed by atoms with van der Waals surface area (Å²) in [7, 11) is 1.52. The molecule has 1 aromatic rings. The van der Waals surface area contributed by atoms with E-state index >= 15 is 0 Å². The summed E-state index contributed by atoms with van der Waals surface area (Å²) in [6, 6.07) is 9.77. The van der Waals surface area contributed by atoms with Crippen molar-refractivity contribution in [2.75, 3.05) is 20.2 Å². The van der Waals surface area contributed by atoms with E-state index < -0.39 is 17.1 Å². The van der Waals surface area contributed by atoms with Crippen LogP contribution in [-0.2, 0) is 19.1 Å². The minimum Gasteiger partial charge on any atom is -0.455 e. The second-order valence-corrected chi connectivity index (χ2v) is 7.19. The number of benzene rings is 1. The highest BCUT2D eigenvalue weighted by atomic mass is 32.2. The van der Waals surface area contributed by atoms with Crippen LogP contribution in [0, 0.1) is 0 Å². The van der Waals surface area contributed by atoms with E-state index in [1.165, 1.54) is 23.7 Å². The Balaban J connectivity index is 1.69. The monoisotopic (exact) mass is 350 g/mol. The van der Waals surface area contributed by atoms with Gasteiger partial charge in [-0.25, -0.2) is 0 Å². The molecule has 1 aromatic carbocycles. The molecule has 24 heavy (non-hydrogen) atoms. The smallest absolute Gasteiger partial charge is 0.319 e. The summed E-state index contributed by atoms with van der Waals surface area (Å²) in [6.07, 6.45) is 2.00. The van der Waals surface area contributed by atoms with Crippen LogP contribution in [0.3, 0.4) is 0 Å². The van der Waals surface area contributed by atoms with Crippen LogP contribution >= 0.6 is 11.8 Å². The van der Waals surface area contributed by atoms with Crippen LogP contribution in [0.1, 0.15) is 19.8 Å². The molecule has 1 atom stereocenters. The zero-order chi connectivity index (χ0) is 17.5. The minimum absolute atomic E-state index is 0.0266. The SMILES string of the molecule is C[C@@H](Sc1ccccc1)C(=O)OCC(=O)N(C)CC(=O)NC1CC1. The molecule has 2 rings (SSSR count). The second kappa shape index (κ2) is 8.73. The fourth-order valence-corrected chi connectivity index (χ4v) is 2.80. The Kier molecular flexibility index (Phi) is 6.66. The lowest BCUT2D eigenvalue weighted by atomic mass is 10.4. The van der Waals surface area contributed by atoms with E-state index in [1.807, 2.05) is 30.3 Å². The number of nitrogens with zero attached hydrogens (tertiary/aromatic N) is 1. The van der Waals surface area contributed by atoms with Crippen molar-refractivity contribution >= 4 is 29.5 Å². The molecular weight excluding hydrogens is 328 g/mol. The number of carbonyl (C=O) groups is 3. The lowest BCUT2D eigenvalue weighted by Crippen LogP contribution is -2.41. The van der Waals surface area contributed by atoms with Gasteiger partial charge in [0, 0.05) is 18.0 Å². The summed E-state index contributed by atoms with van der Waals surface area (Å²) in [5.74, 6) is -1.04. The van der Waals surface area contributed by atoms with Crippen LogP contribution in [0.2, 0.25) is 0 Å². The van der Waals surface area contributed by atoms with Gasteiger partial charge in [0.05, 0.1) is 6.54 Å². The largest absolute Gasteiger partial charge is 0.455 e. The fraction of sp³-hybridized carbons (Fsp3) is 0.471. The van der Waals surface area contributed by atoms with Gasteiger partial charge in [-0.3, -0.25) is 14.4 Å². The fourth-order valence-electron chi connectivity index (χ4n) is 1.92. The number of nitrogens with one attached hydrogen (secondary N) is 1. The Bertz CT molecular complexity index is 590. The van der Waals surface area contributed by atoms with Gasteiger partial charge in [-0.05, 0) is 31.9 Å². The molecule has 1 fully saturated rings. The van der Waals surface area contributed by atoms with E-state index in [0.29, 0.717) is 0 Å². The summed E-state index contributed by atoms with van der Waals surface area (Å²) in [6.45, 7) is 1.35. The number of likely N-dealkylation sites (N-methyl/N-ethyl adjacent to an activating group) is 1. The molecule has 1 saturated carbocycles. The van der Waals surface area contributed by atoms with Crippen molar-refractivity contribution in [1.82, 2.24) is 10.2 Å². The highest BCUT2D eigenvalue weighted by molar-refractivity contribution is 8.00. The minimum atomic E-state index is -0.451. The average molecular weight is 350 g/mol. The van der Waals surface area contributed by atoms with Crippen LogP contribution in [-0.4, -0.2) is 54.2 Å². The molecular formula is C17H22N2O4S. The Morgan fingerprint density at radius 3 is 2.58 bits per heavy atom. The lowest BCUT2D eigenvalue weighted by Gasteiger charge is -2.17. The maximum atomic E-state index is 12.0. The molecule has 0 saturated heterocycles. The van der Waals surface area contributed by atoms with Gasteiger partial charge in [-0.15, -0.1) is 11.8 Å². The van der Waals surface area contributed by atoms with Gasteiger partial charge in [0.2, 0.25) is 5.91 Å². The van der Waals surface area contributed by atoms with Crippen LogP contribution in [0.5, 0.6) is 0 Å². The summed E-state index contributed by atoms with van der Waals surface area (Å²) in [4.78, 5) is 37.8. The van der Waals surface area contributed by atoms with Crippen molar-refractivity contribution in [2.24, 2.45) is 0 Å². The molecule has 0 heterocycles. The first-order valence-electron chi connectivity index (χ1n) is 7.87. The van der Waals surface area contributed by atoms with Crippen molar-refractivity contribution in [3.8, 4) is 0 Å². The molecule has 1 aliphatic carbocycles. The number of ether oxygens (including phenoxy) is 1. The highest BCUT2D eigenvalue weighted by Crippen LogP contribution is 2.23. The zero-order valence-corrected chi connectivity index (χ0v) is 14.7. The van der Waals surface area contributed by atoms with Gasteiger partial charge in [-0.1, -0.05) is 18.2 Å². The molecule has 0 aliphatic heterocycles. The van der Waals surface area contributed by atoms with E-state index in [4.69, 9.17) is 4.74 Å². The summed E-state index contributed by atoms with van der Waals surface area (Å²) in [5.41, 5.74) is 0. The van der Waals surface area contributed by atoms with Gasteiger partial charge in [0.25, 0.3) is 5.91 Å². The number of amides is 2. The number of hydrogen-bond acceptors (Lipinski definition) is 5. The molecule has 0 unspecified atom stereocenters. The normalized spacial score (nSPS) is 14.6. The third kappa shape index (κ3) is 6.23. The van der Waals surface area contributed by atoms with Crippen molar-refractivity contribution in [1.29, 1.82) is 0 Å². The first-order valence-corrected chi connectivity index (χ1v) is 8.75. The first kappa shape index (κ1) is 18.3. The van der Waals surface area contributed by atoms with Crippen molar-refractivity contribution in [3.63, 3.8) is 0 Å². The molecule has 0 aromatic heterocycles. The molecule has 0 bridgehead atoms. The lowest BCUT2D eigenvalue weighted by molar-refractivity contribution is -0.151. The van der Waals surface area contributed by atoms with Gasteiger partial charge in [-0.2, -0.15) is 0 Å². The van der Waals surface area contributed by atoms with E-state index in [1.54, 1.807) is 6.92 Å². The third-order valence-corrected chi connectivity index (χ3v) is 4.57. The van der Waals surface area contributed by atoms with E-state index in [0.717, 1.165) is 17.7 Å². The Labute approximate surface area is 145 Å². The molecule has 0 radical (unpaired) electrons. The molecule has 0 spiro atoms. The topological polar surface area (TPSA) is 75.7 Å². The quantitative estimate of drug-likeness (QED) is 0.567. The van der Waals surface area contributed by atoms with Crippen LogP contribution in [0.4, 0.5) is 0 Å². The highest BCUT2D eigenvalue weighted by Gasteiger charge is 2.25. The molecule has 130 valence electrons. The average Bonchev–Trinajstić information content (AvgIpc) is 3.36. The number of thioether (sulfide) groups is 1. The second-order valence-electron chi connectivity index (χ2n) is 5.77. The molecule has 7 heteroatoms. The Morgan fingerprint density at radius 2 is 1.96 bits per heavy atom. The predicted molar refractivity (Wildman–Crippen MR) is 91.5 cm³/mol. The maximum Gasteiger partial charge on any atom is 0.319 e. The maximum absolute atomic E-state index is 12.0. The van der Waals surface area contributed by atoms with Crippen LogP contribution in [0.25, 0.3) is 0 Å². The molecule has 6 nitrogen and oxygen atoms in total. The summed E-state index contributed by atoms with van der Waals surface area (Å²) in [5, 5.41) is 2.39. The van der Waals surface area contributed by atoms with Crippen molar-refractivity contribution in [3.05, 3.63) is 30.3 Å². The molecule has 1 N–H and O–H groups in total. The standard InChI is InChI=1S/C17H22N2O4S/c1-12(24-14-6-4-3-5-7-14)17(22)23-11-16(21)19(2)10-15(20)18-13-8-9-13/h3-7,12-13H,8-11H2,1-2H3,(H,18,20)/t12-/m1/s1. The summed E-state index contributed by atoms with van der Waals surface area (Å²) < 4.78 is 5.05. The van der Waals surface area contributed by atoms with Crippen LogP contribution in [0.15, 0.2) is 35.2 Å². The van der Waals surface area contributed by atoms with Gasteiger partial charge >= 0.3 is 5.97 Å². The number of carbonyl (C=O) groups excluding carboxylic acids is 3. The summed E-state index contributed by atoms with van der Waals surface area (Å²) >= 11 is 1.37. The van der Waals surface area contributed by atoms with Gasteiger partial charge in [0.15, 0.2) is 6.61 Å². The Hall–Kier alpha value is -2.02. The zero-order valence-electron chi connectivity index (χ0n) is 13.9. The Morgan fingerprint density at radius 1 is 1.29 bits per heavy atom. The van der Waals surface area contributed by atoms with E-state index in [9.17, 15) is 14.4 Å². The third-order valence-electron chi connectivity index (χ3n) is 3.47. The van der Waals surface area contributed by atoms with Gasteiger partial charge < -0.3 is 15.0 Å². The van der Waals surface area contributed by atoms with E-state index in [-0.39, 0.29) is 25.1 Å². The van der Waals surface area contributed by atoms with Crippen molar-refractivity contribution < 1.29 is 19.1 Å². The number of rotatable bonds is 8. The molecule has 1 aliphatic rings. The van der Waals surface area contributed by atoms with Crippen LogP contribution < -0.4 is 5.32 Å². The number of hydrogen-bond donors (Lipinski definition) is 1. The first-order chi connectivity index (χ1) is 11.5. The predicted octanol–water partition coefficient (Wildman–Crippen LogP) is 1.45.